The Morgan fingerprint density at radius 3 is 2.10 bits per heavy atom. The standard InChI is InChI=1S/C15H15NO5/c1-19-11-2-4-12(5-3-11)20-8-9-21-13-6-7-14(15(17)18)16-10-13/h2-7,10H,8-9H2,1H3,(H,17,18). The number of aromatic carboxylic acids is 1. The van der Waals surface area contributed by atoms with Gasteiger partial charge in [-0.3, -0.25) is 0 Å². The van der Waals surface area contributed by atoms with E-state index in [1.165, 1.54) is 12.3 Å². The molecule has 0 fully saturated rings. The lowest BCUT2D eigenvalue weighted by Gasteiger charge is -2.08. The summed E-state index contributed by atoms with van der Waals surface area (Å²) in [7, 11) is 1.60. The maximum atomic E-state index is 10.6. The Hall–Kier alpha value is -2.76. The van der Waals surface area contributed by atoms with Gasteiger partial charge in [0.15, 0.2) is 0 Å². The van der Waals surface area contributed by atoms with Crippen LogP contribution in [0.2, 0.25) is 0 Å². The number of ether oxygens (including phenoxy) is 3. The molecular formula is C15H15NO5. The number of carboxylic acid groups (broad SMARTS) is 1. The van der Waals surface area contributed by atoms with Gasteiger partial charge in [-0.15, -0.1) is 0 Å². The van der Waals surface area contributed by atoms with E-state index in [-0.39, 0.29) is 5.69 Å². The van der Waals surface area contributed by atoms with E-state index in [2.05, 4.69) is 4.98 Å². The van der Waals surface area contributed by atoms with E-state index in [1.54, 1.807) is 13.2 Å². The molecule has 0 aliphatic heterocycles. The summed E-state index contributed by atoms with van der Waals surface area (Å²) < 4.78 is 15.9. The molecular weight excluding hydrogens is 274 g/mol. The predicted molar refractivity (Wildman–Crippen MR) is 75.2 cm³/mol. The number of benzene rings is 1. The number of methoxy groups -OCH3 is 1. The minimum Gasteiger partial charge on any atom is -0.497 e. The fourth-order valence-corrected chi connectivity index (χ4v) is 1.58. The van der Waals surface area contributed by atoms with Crippen LogP contribution in [0.25, 0.3) is 0 Å². The molecule has 110 valence electrons. The quantitative estimate of drug-likeness (QED) is 0.788. The van der Waals surface area contributed by atoms with Crippen molar-refractivity contribution < 1.29 is 24.1 Å². The fourth-order valence-electron chi connectivity index (χ4n) is 1.58. The Kier molecular flexibility index (Phi) is 4.98. The van der Waals surface area contributed by atoms with Gasteiger partial charge in [0.1, 0.15) is 36.2 Å². The minimum absolute atomic E-state index is 0.0168. The van der Waals surface area contributed by atoms with Crippen LogP contribution in [0.4, 0.5) is 0 Å². The van der Waals surface area contributed by atoms with Crippen LogP contribution in [0.3, 0.4) is 0 Å². The van der Waals surface area contributed by atoms with Crippen LogP contribution in [0.1, 0.15) is 10.5 Å². The molecule has 1 aromatic heterocycles. The summed E-state index contributed by atoms with van der Waals surface area (Å²) >= 11 is 0. The van der Waals surface area contributed by atoms with Crippen molar-refractivity contribution in [3.05, 3.63) is 48.3 Å². The molecule has 1 aromatic carbocycles. The third-order valence-electron chi connectivity index (χ3n) is 2.64. The molecule has 0 radical (unpaired) electrons. The Morgan fingerprint density at radius 2 is 1.57 bits per heavy atom. The second-order valence-electron chi connectivity index (χ2n) is 4.06. The summed E-state index contributed by atoms with van der Waals surface area (Å²) in [5, 5.41) is 8.72. The van der Waals surface area contributed by atoms with Crippen LogP contribution < -0.4 is 14.2 Å². The van der Waals surface area contributed by atoms with Crippen LogP contribution >= 0.6 is 0 Å². The lowest BCUT2D eigenvalue weighted by atomic mass is 10.3. The first-order chi connectivity index (χ1) is 10.2. The van der Waals surface area contributed by atoms with Gasteiger partial charge in [0.25, 0.3) is 0 Å². The number of rotatable bonds is 7. The number of hydrogen-bond acceptors (Lipinski definition) is 5. The maximum absolute atomic E-state index is 10.6. The molecule has 2 rings (SSSR count). The number of hydrogen-bond donors (Lipinski definition) is 1. The number of carboxylic acids is 1. The van der Waals surface area contributed by atoms with Crippen molar-refractivity contribution in [3.63, 3.8) is 0 Å². The molecule has 6 heteroatoms. The predicted octanol–water partition coefficient (Wildman–Crippen LogP) is 2.25. The van der Waals surface area contributed by atoms with Crippen molar-refractivity contribution in [3.8, 4) is 17.2 Å². The first-order valence-electron chi connectivity index (χ1n) is 6.28. The van der Waals surface area contributed by atoms with Crippen LogP contribution in [0.5, 0.6) is 17.2 Å². The molecule has 0 amide bonds. The lowest BCUT2D eigenvalue weighted by molar-refractivity contribution is 0.0690. The summed E-state index contributed by atoms with van der Waals surface area (Å²) in [6.07, 6.45) is 1.37. The van der Waals surface area contributed by atoms with Crippen molar-refractivity contribution in [2.45, 2.75) is 0 Å². The van der Waals surface area contributed by atoms with Gasteiger partial charge in [0, 0.05) is 0 Å². The van der Waals surface area contributed by atoms with Gasteiger partial charge in [0.05, 0.1) is 13.3 Å². The summed E-state index contributed by atoms with van der Waals surface area (Å²) in [4.78, 5) is 14.4. The van der Waals surface area contributed by atoms with E-state index >= 15 is 0 Å². The monoisotopic (exact) mass is 289 g/mol. The highest BCUT2D eigenvalue weighted by Crippen LogP contribution is 2.17. The number of nitrogens with zero attached hydrogens (tertiary/aromatic N) is 1. The maximum Gasteiger partial charge on any atom is 0.354 e. The van der Waals surface area contributed by atoms with Gasteiger partial charge in [0.2, 0.25) is 0 Å². The highest BCUT2D eigenvalue weighted by molar-refractivity contribution is 5.85. The molecule has 2 aromatic rings. The third-order valence-corrected chi connectivity index (χ3v) is 2.64. The molecule has 1 N–H and O–H groups in total. The molecule has 0 saturated heterocycles. The van der Waals surface area contributed by atoms with Crippen molar-refractivity contribution >= 4 is 5.97 Å². The topological polar surface area (TPSA) is 77.9 Å². The summed E-state index contributed by atoms with van der Waals surface area (Å²) in [6.45, 7) is 0.702. The number of pyridine rings is 1. The van der Waals surface area contributed by atoms with Crippen molar-refractivity contribution in [2.75, 3.05) is 20.3 Å². The van der Waals surface area contributed by atoms with E-state index in [0.29, 0.717) is 19.0 Å². The second kappa shape index (κ2) is 7.14. The smallest absolute Gasteiger partial charge is 0.354 e. The molecule has 0 aliphatic carbocycles. The molecule has 6 nitrogen and oxygen atoms in total. The first-order valence-corrected chi connectivity index (χ1v) is 6.28. The lowest BCUT2D eigenvalue weighted by Crippen LogP contribution is -2.09. The molecule has 0 spiro atoms. The van der Waals surface area contributed by atoms with E-state index in [4.69, 9.17) is 19.3 Å². The molecule has 0 atom stereocenters. The number of aromatic nitrogens is 1. The Morgan fingerprint density at radius 1 is 1.00 bits per heavy atom. The van der Waals surface area contributed by atoms with E-state index < -0.39 is 5.97 Å². The van der Waals surface area contributed by atoms with Crippen LogP contribution in [-0.2, 0) is 0 Å². The normalized spacial score (nSPS) is 9.95. The zero-order chi connectivity index (χ0) is 15.1. The van der Waals surface area contributed by atoms with Crippen molar-refractivity contribution in [2.24, 2.45) is 0 Å². The van der Waals surface area contributed by atoms with Crippen LogP contribution in [0.15, 0.2) is 42.6 Å². The SMILES string of the molecule is COc1ccc(OCCOc2ccc(C(=O)O)nc2)cc1. The van der Waals surface area contributed by atoms with E-state index in [0.717, 1.165) is 11.5 Å². The van der Waals surface area contributed by atoms with E-state index in [1.807, 2.05) is 24.3 Å². The van der Waals surface area contributed by atoms with Gasteiger partial charge < -0.3 is 19.3 Å². The molecule has 21 heavy (non-hydrogen) atoms. The largest absolute Gasteiger partial charge is 0.497 e. The van der Waals surface area contributed by atoms with Crippen molar-refractivity contribution in [1.29, 1.82) is 0 Å². The van der Waals surface area contributed by atoms with Gasteiger partial charge in [-0.2, -0.15) is 0 Å². The number of carbonyl (C=O) groups is 1. The molecule has 0 unspecified atom stereocenters. The van der Waals surface area contributed by atoms with Gasteiger partial charge in [-0.25, -0.2) is 9.78 Å². The second-order valence-corrected chi connectivity index (χ2v) is 4.06. The summed E-state index contributed by atoms with van der Waals surface area (Å²) in [6, 6.07) is 10.2. The zero-order valence-corrected chi connectivity index (χ0v) is 11.5. The average molecular weight is 289 g/mol. The molecule has 0 saturated carbocycles. The highest BCUT2D eigenvalue weighted by Gasteiger charge is 2.03. The highest BCUT2D eigenvalue weighted by atomic mass is 16.5. The third kappa shape index (κ3) is 4.38. The van der Waals surface area contributed by atoms with E-state index in [9.17, 15) is 4.79 Å². The van der Waals surface area contributed by atoms with Gasteiger partial charge in [-0.1, -0.05) is 0 Å². The van der Waals surface area contributed by atoms with Gasteiger partial charge in [-0.05, 0) is 36.4 Å². The molecule has 0 bridgehead atoms. The summed E-state index contributed by atoms with van der Waals surface area (Å²) in [5.74, 6) is 0.921. The first kappa shape index (κ1) is 14.6. The Balaban J connectivity index is 1.74. The zero-order valence-electron chi connectivity index (χ0n) is 11.5. The fraction of sp³-hybridized carbons (Fsp3) is 0.200. The average Bonchev–Trinajstić information content (AvgIpc) is 2.52. The van der Waals surface area contributed by atoms with Crippen LogP contribution in [-0.4, -0.2) is 36.4 Å². The van der Waals surface area contributed by atoms with Gasteiger partial charge >= 0.3 is 5.97 Å². The Labute approximate surface area is 121 Å². The van der Waals surface area contributed by atoms with Crippen LogP contribution in [0, 0.1) is 0 Å². The summed E-state index contributed by atoms with van der Waals surface area (Å²) in [5.41, 5.74) is -0.0168. The minimum atomic E-state index is -1.07. The molecule has 1 heterocycles. The molecule has 0 aliphatic rings. The Bertz CT molecular complexity index is 580. The van der Waals surface area contributed by atoms with Crippen molar-refractivity contribution in [1.82, 2.24) is 4.98 Å².